The van der Waals surface area contributed by atoms with E-state index in [9.17, 15) is 9.59 Å². The number of rotatable bonds is 11. The Bertz CT molecular complexity index is 1840. The molecule has 0 radical (unpaired) electrons. The number of esters is 1. The summed E-state index contributed by atoms with van der Waals surface area (Å²) in [7, 11) is 0. The average Bonchev–Trinajstić information content (AvgIpc) is 3.66. The van der Waals surface area contributed by atoms with Crippen LogP contribution in [0.4, 0.5) is 5.82 Å². The quantitative estimate of drug-likeness (QED) is 0.123. The van der Waals surface area contributed by atoms with Gasteiger partial charge in [0.2, 0.25) is 5.82 Å². The summed E-state index contributed by atoms with van der Waals surface area (Å²) in [4.78, 5) is 34.5. The van der Waals surface area contributed by atoms with Crippen LogP contribution in [0.15, 0.2) is 97.2 Å². The molecule has 234 valence electrons. The van der Waals surface area contributed by atoms with Crippen LogP contribution in [-0.2, 0) is 11.2 Å². The van der Waals surface area contributed by atoms with Crippen LogP contribution < -0.4 is 10.1 Å². The van der Waals surface area contributed by atoms with Crippen molar-refractivity contribution in [1.29, 1.82) is 0 Å². The number of amides is 1. The summed E-state index contributed by atoms with van der Waals surface area (Å²) in [6, 6.07) is 28.9. The van der Waals surface area contributed by atoms with Gasteiger partial charge in [0.05, 0.1) is 18.2 Å². The van der Waals surface area contributed by atoms with Gasteiger partial charge in [0, 0.05) is 12.6 Å². The Balaban J connectivity index is 1.06. The maximum atomic E-state index is 13.1. The standard InChI is InChI=1S/C37H37N5O4/c1-25-15-16-29(45-22-10-20-37(2,3)46-36(44)27-13-8-5-9-14-27)24-30(25)28-19-21-38-32(23-28)39-35(43)34-40-33-18-17-31(42(33)41-34)26-11-6-4-7-12-26/h4-9,11-16,19,21,23-24,31H,10,17-18,20,22H2,1-3H3,(H,38,39,43). The van der Waals surface area contributed by atoms with E-state index >= 15 is 0 Å². The van der Waals surface area contributed by atoms with Crippen LogP contribution in [0.1, 0.15) is 77.1 Å². The Labute approximate surface area is 268 Å². The Morgan fingerprint density at radius 1 is 0.978 bits per heavy atom. The number of nitrogens with zero attached hydrogens (tertiary/aromatic N) is 4. The number of hydrogen-bond acceptors (Lipinski definition) is 7. The van der Waals surface area contributed by atoms with E-state index in [0.717, 1.165) is 46.7 Å². The lowest BCUT2D eigenvalue weighted by molar-refractivity contribution is -0.00656. The van der Waals surface area contributed by atoms with Crippen molar-refractivity contribution in [2.75, 3.05) is 11.9 Å². The lowest BCUT2D eigenvalue weighted by Crippen LogP contribution is -2.28. The van der Waals surface area contributed by atoms with Gasteiger partial charge < -0.3 is 14.8 Å². The van der Waals surface area contributed by atoms with E-state index in [-0.39, 0.29) is 17.8 Å². The highest BCUT2D eigenvalue weighted by Gasteiger charge is 2.29. The SMILES string of the molecule is Cc1ccc(OCCCC(C)(C)OC(=O)c2ccccc2)cc1-c1ccnc(NC(=O)c2nc3n(n2)C(c2ccccc2)CC3)c1. The molecule has 1 aliphatic rings. The van der Waals surface area contributed by atoms with Crippen molar-refractivity contribution in [3.8, 4) is 16.9 Å². The number of carbonyl (C=O) groups is 2. The first-order chi connectivity index (χ1) is 22.3. The van der Waals surface area contributed by atoms with Crippen LogP contribution >= 0.6 is 0 Å². The first-order valence-corrected chi connectivity index (χ1v) is 15.6. The summed E-state index contributed by atoms with van der Waals surface area (Å²) < 4.78 is 13.7. The molecule has 5 aromatic rings. The summed E-state index contributed by atoms with van der Waals surface area (Å²) in [5.74, 6) is 1.35. The monoisotopic (exact) mass is 615 g/mol. The maximum absolute atomic E-state index is 13.1. The van der Waals surface area contributed by atoms with E-state index in [0.29, 0.717) is 30.8 Å². The highest BCUT2D eigenvalue weighted by atomic mass is 16.6. The molecule has 0 bridgehead atoms. The zero-order valence-corrected chi connectivity index (χ0v) is 26.3. The fourth-order valence-corrected chi connectivity index (χ4v) is 5.71. The van der Waals surface area contributed by atoms with Crippen molar-refractivity contribution < 1.29 is 19.1 Å². The van der Waals surface area contributed by atoms with Gasteiger partial charge in [-0.2, -0.15) is 0 Å². The molecule has 2 aromatic heterocycles. The van der Waals surface area contributed by atoms with E-state index in [1.807, 2.05) is 92.2 Å². The van der Waals surface area contributed by atoms with Crippen LogP contribution in [0.2, 0.25) is 0 Å². The van der Waals surface area contributed by atoms with Crippen LogP contribution in [0.3, 0.4) is 0 Å². The lowest BCUT2D eigenvalue weighted by Gasteiger charge is -2.25. The largest absolute Gasteiger partial charge is 0.494 e. The number of benzene rings is 3. The molecule has 9 nitrogen and oxygen atoms in total. The van der Waals surface area contributed by atoms with Gasteiger partial charge in [0.1, 0.15) is 23.0 Å². The second-order valence-electron chi connectivity index (χ2n) is 12.1. The molecular weight excluding hydrogens is 578 g/mol. The Hall–Kier alpha value is -5.31. The average molecular weight is 616 g/mol. The van der Waals surface area contributed by atoms with Gasteiger partial charge in [0.25, 0.3) is 5.91 Å². The zero-order valence-electron chi connectivity index (χ0n) is 26.3. The van der Waals surface area contributed by atoms with Crippen molar-refractivity contribution in [3.05, 3.63) is 126 Å². The van der Waals surface area contributed by atoms with Crippen LogP contribution in [0.5, 0.6) is 5.75 Å². The second kappa shape index (κ2) is 13.4. The normalized spacial score (nSPS) is 14.0. The van der Waals surface area contributed by atoms with Crippen LogP contribution in [0.25, 0.3) is 11.1 Å². The van der Waals surface area contributed by atoms with Crippen molar-refractivity contribution in [2.45, 2.75) is 58.1 Å². The fraction of sp³-hybridized carbons (Fsp3) is 0.270. The molecule has 0 aliphatic carbocycles. The summed E-state index contributed by atoms with van der Waals surface area (Å²) >= 11 is 0. The fourth-order valence-electron chi connectivity index (χ4n) is 5.71. The first kappa shape index (κ1) is 30.7. The van der Waals surface area contributed by atoms with E-state index < -0.39 is 11.5 Å². The minimum Gasteiger partial charge on any atom is -0.494 e. The smallest absolute Gasteiger partial charge is 0.338 e. The Morgan fingerprint density at radius 2 is 1.74 bits per heavy atom. The number of ether oxygens (including phenoxy) is 2. The number of carbonyl (C=O) groups excluding carboxylic acids is 2. The number of hydrogen-bond donors (Lipinski definition) is 1. The highest BCUT2D eigenvalue weighted by molar-refractivity contribution is 6.01. The molecule has 0 fully saturated rings. The molecule has 0 saturated heterocycles. The van der Waals surface area contributed by atoms with Crippen molar-refractivity contribution in [1.82, 2.24) is 19.7 Å². The van der Waals surface area contributed by atoms with E-state index in [1.54, 1.807) is 18.3 Å². The maximum Gasteiger partial charge on any atom is 0.338 e. The summed E-state index contributed by atoms with van der Waals surface area (Å²) in [5, 5.41) is 7.42. The number of nitrogens with one attached hydrogen (secondary N) is 1. The Morgan fingerprint density at radius 3 is 2.52 bits per heavy atom. The molecular formula is C37H37N5O4. The van der Waals surface area contributed by atoms with E-state index in [4.69, 9.17) is 9.47 Å². The number of fused-ring (bicyclic) bond motifs is 1. The molecule has 1 N–H and O–H groups in total. The first-order valence-electron chi connectivity index (χ1n) is 15.6. The molecule has 1 amide bonds. The van der Waals surface area contributed by atoms with Crippen LogP contribution in [0, 0.1) is 6.92 Å². The number of aryl methyl sites for hydroxylation is 2. The number of aromatic nitrogens is 4. The Kier molecular flexibility index (Phi) is 8.92. The van der Waals surface area contributed by atoms with Gasteiger partial charge in [-0.3, -0.25) is 4.79 Å². The highest BCUT2D eigenvalue weighted by Crippen LogP contribution is 2.31. The summed E-state index contributed by atoms with van der Waals surface area (Å²) in [6.45, 7) is 6.32. The van der Waals surface area contributed by atoms with Crippen molar-refractivity contribution in [3.63, 3.8) is 0 Å². The topological polar surface area (TPSA) is 108 Å². The summed E-state index contributed by atoms with van der Waals surface area (Å²) in [6.07, 6.45) is 4.71. The molecule has 0 spiro atoms. The predicted molar refractivity (Wildman–Crippen MR) is 176 cm³/mol. The predicted octanol–water partition coefficient (Wildman–Crippen LogP) is 7.23. The summed E-state index contributed by atoms with van der Waals surface area (Å²) in [5.41, 5.74) is 3.99. The van der Waals surface area contributed by atoms with Gasteiger partial charge in [-0.1, -0.05) is 54.6 Å². The molecule has 0 saturated carbocycles. The molecule has 3 heterocycles. The van der Waals surface area contributed by atoms with Gasteiger partial charge in [-0.05, 0) is 98.7 Å². The lowest BCUT2D eigenvalue weighted by atomic mass is 10.0. The van der Waals surface area contributed by atoms with Gasteiger partial charge >= 0.3 is 5.97 Å². The molecule has 1 atom stereocenters. The van der Waals surface area contributed by atoms with Gasteiger partial charge in [-0.15, -0.1) is 5.10 Å². The van der Waals surface area contributed by atoms with E-state index in [2.05, 4.69) is 32.5 Å². The molecule has 9 heteroatoms. The van der Waals surface area contributed by atoms with Crippen molar-refractivity contribution in [2.24, 2.45) is 0 Å². The minimum absolute atomic E-state index is 0.0767. The molecule has 3 aromatic carbocycles. The number of anilines is 1. The number of pyridine rings is 1. The van der Waals surface area contributed by atoms with Crippen LogP contribution in [-0.4, -0.2) is 43.8 Å². The second-order valence-corrected chi connectivity index (χ2v) is 12.1. The third-order valence-electron chi connectivity index (χ3n) is 8.12. The minimum atomic E-state index is -0.623. The van der Waals surface area contributed by atoms with Gasteiger partial charge in [0.15, 0.2) is 0 Å². The van der Waals surface area contributed by atoms with Gasteiger partial charge in [-0.25, -0.2) is 19.4 Å². The molecule has 1 aliphatic heterocycles. The van der Waals surface area contributed by atoms with Crippen molar-refractivity contribution >= 4 is 17.7 Å². The van der Waals surface area contributed by atoms with E-state index in [1.165, 1.54) is 0 Å². The molecule has 1 unspecified atom stereocenters. The molecule has 6 rings (SSSR count). The third-order valence-corrected chi connectivity index (χ3v) is 8.12. The molecule has 46 heavy (non-hydrogen) atoms. The zero-order chi connectivity index (χ0) is 32.1. The third kappa shape index (κ3) is 7.15.